The van der Waals surface area contributed by atoms with Crippen molar-refractivity contribution in [2.24, 2.45) is 0 Å². The Labute approximate surface area is 130 Å². The molecule has 1 amide bonds. The molecule has 0 spiro atoms. The third kappa shape index (κ3) is 4.40. The van der Waals surface area contributed by atoms with Crippen molar-refractivity contribution in [3.8, 4) is 0 Å². The van der Waals surface area contributed by atoms with E-state index in [-0.39, 0.29) is 11.7 Å². The third-order valence-electron chi connectivity index (χ3n) is 3.34. The highest BCUT2D eigenvalue weighted by Crippen LogP contribution is 2.13. The number of nitrogens with zero attached hydrogens (tertiary/aromatic N) is 1. The Morgan fingerprint density at radius 3 is 2.50 bits per heavy atom. The molecule has 0 aromatic heterocycles. The monoisotopic (exact) mass is 324 g/mol. The van der Waals surface area contributed by atoms with Crippen molar-refractivity contribution in [3.05, 3.63) is 48.0 Å². The summed E-state index contributed by atoms with van der Waals surface area (Å²) < 4.78 is 31.2. The lowest BCUT2D eigenvalue weighted by molar-refractivity contribution is 0.0729. The highest BCUT2D eigenvalue weighted by molar-refractivity contribution is 7.88. The fourth-order valence-corrected chi connectivity index (χ4v) is 3.65. The zero-order chi connectivity index (χ0) is 16.0. The van der Waals surface area contributed by atoms with Crippen LogP contribution in [0.3, 0.4) is 0 Å². The van der Waals surface area contributed by atoms with Crippen molar-refractivity contribution in [2.75, 3.05) is 32.8 Å². The molecule has 120 valence electrons. The minimum Gasteiger partial charge on any atom is -0.379 e. The second kappa shape index (κ2) is 7.53. The van der Waals surface area contributed by atoms with Gasteiger partial charge in [-0.15, -0.1) is 6.58 Å². The molecule has 7 heteroatoms. The van der Waals surface area contributed by atoms with E-state index >= 15 is 0 Å². The number of hydrogen-bond donors (Lipinski definition) is 1. The van der Waals surface area contributed by atoms with E-state index in [1.807, 2.05) is 0 Å². The number of sulfonamides is 1. The first-order chi connectivity index (χ1) is 10.5. The van der Waals surface area contributed by atoms with E-state index in [2.05, 4.69) is 11.9 Å². The van der Waals surface area contributed by atoms with E-state index in [4.69, 9.17) is 4.74 Å². The normalized spacial score (nSPS) is 16.2. The Hall–Kier alpha value is -1.70. The molecule has 1 aliphatic heterocycles. The number of rotatable bonds is 6. The number of hydrogen-bond acceptors (Lipinski definition) is 4. The van der Waals surface area contributed by atoms with Gasteiger partial charge in [0.25, 0.3) is 5.91 Å². The number of nitrogens with one attached hydrogen (secondary N) is 1. The summed E-state index contributed by atoms with van der Waals surface area (Å²) in [5, 5.41) is 2.67. The molecule has 0 radical (unpaired) electrons. The lowest BCUT2D eigenvalue weighted by atomic mass is 10.1. The first kappa shape index (κ1) is 16.7. The number of carbonyl (C=O) groups excluding carboxylic acids is 1. The second-order valence-electron chi connectivity index (χ2n) is 4.96. The summed E-state index contributed by atoms with van der Waals surface area (Å²) in [6, 6.07) is 6.59. The third-order valence-corrected chi connectivity index (χ3v) is 5.19. The minimum absolute atomic E-state index is 0.0679. The Morgan fingerprint density at radius 1 is 1.27 bits per heavy atom. The summed E-state index contributed by atoms with van der Waals surface area (Å²) in [4.78, 5) is 11.7. The van der Waals surface area contributed by atoms with E-state index in [9.17, 15) is 13.2 Å². The Bertz CT molecular complexity index is 619. The number of amides is 1. The average molecular weight is 324 g/mol. The van der Waals surface area contributed by atoms with Crippen molar-refractivity contribution in [1.82, 2.24) is 9.62 Å². The molecule has 1 aliphatic rings. The number of ether oxygens (including phenoxy) is 1. The van der Waals surface area contributed by atoms with Crippen molar-refractivity contribution in [3.63, 3.8) is 0 Å². The van der Waals surface area contributed by atoms with Crippen LogP contribution in [0.15, 0.2) is 36.9 Å². The Balaban J connectivity index is 2.01. The van der Waals surface area contributed by atoms with E-state index in [1.54, 1.807) is 30.3 Å². The van der Waals surface area contributed by atoms with Gasteiger partial charge in [0.05, 0.1) is 19.0 Å². The van der Waals surface area contributed by atoms with Crippen LogP contribution in [0.2, 0.25) is 0 Å². The molecule has 0 bridgehead atoms. The Morgan fingerprint density at radius 2 is 1.91 bits per heavy atom. The zero-order valence-corrected chi connectivity index (χ0v) is 13.1. The molecular formula is C15H20N2O4S. The largest absolute Gasteiger partial charge is 0.379 e. The van der Waals surface area contributed by atoms with Gasteiger partial charge in [-0.25, -0.2) is 8.42 Å². The molecule has 1 aromatic rings. The molecule has 1 aromatic carbocycles. The molecule has 0 unspecified atom stereocenters. The highest BCUT2D eigenvalue weighted by atomic mass is 32.2. The summed E-state index contributed by atoms with van der Waals surface area (Å²) >= 11 is 0. The second-order valence-corrected chi connectivity index (χ2v) is 6.93. The van der Waals surface area contributed by atoms with Crippen LogP contribution >= 0.6 is 0 Å². The topological polar surface area (TPSA) is 75.7 Å². The molecule has 1 saturated heterocycles. The van der Waals surface area contributed by atoms with Gasteiger partial charge in [-0.2, -0.15) is 4.31 Å². The molecule has 0 atom stereocenters. The minimum atomic E-state index is -3.34. The van der Waals surface area contributed by atoms with Crippen molar-refractivity contribution in [1.29, 1.82) is 0 Å². The quantitative estimate of drug-likeness (QED) is 0.784. The van der Waals surface area contributed by atoms with E-state index < -0.39 is 10.0 Å². The predicted octanol–water partition coefficient (Wildman–Crippen LogP) is 0.764. The van der Waals surface area contributed by atoms with Gasteiger partial charge < -0.3 is 10.1 Å². The maximum atomic E-state index is 12.3. The SMILES string of the molecule is C=CCNC(=O)c1ccc(CS(=O)(=O)N2CCOCC2)cc1. The molecule has 22 heavy (non-hydrogen) atoms. The van der Waals surface area contributed by atoms with Crippen LogP contribution in [-0.4, -0.2) is 51.5 Å². The first-order valence-electron chi connectivity index (χ1n) is 7.06. The maximum absolute atomic E-state index is 12.3. The van der Waals surface area contributed by atoms with Gasteiger partial charge in [0.2, 0.25) is 10.0 Å². The maximum Gasteiger partial charge on any atom is 0.251 e. The van der Waals surface area contributed by atoms with Crippen molar-refractivity contribution < 1.29 is 17.9 Å². The number of carbonyl (C=O) groups is 1. The van der Waals surface area contributed by atoms with Crippen LogP contribution in [0.5, 0.6) is 0 Å². The van der Waals surface area contributed by atoms with Gasteiger partial charge in [0, 0.05) is 25.2 Å². The molecule has 0 saturated carbocycles. The van der Waals surface area contributed by atoms with Crippen LogP contribution in [0.25, 0.3) is 0 Å². The van der Waals surface area contributed by atoms with Crippen molar-refractivity contribution >= 4 is 15.9 Å². The van der Waals surface area contributed by atoms with E-state index in [0.29, 0.717) is 44.0 Å². The number of morpholine rings is 1. The predicted molar refractivity (Wildman–Crippen MR) is 84.0 cm³/mol. The van der Waals surface area contributed by atoms with Crippen LogP contribution in [0.4, 0.5) is 0 Å². The van der Waals surface area contributed by atoms with E-state index in [1.165, 1.54) is 4.31 Å². The summed E-state index contributed by atoms with van der Waals surface area (Å²) in [6.07, 6.45) is 1.60. The van der Waals surface area contributed by atoms with Gasteiger partial charge in [-0.1, -0.05) is 18.2 Å². The van der Waals surface area contributed by atoms with Gasteiger partial charge in [0.15, 0.2) is 0 Å². The highest BCUT2D eigenvalue weighted by Gasteiger charge is 2.24. The lowest BCUT2D eigenvalue weighted by Crippen LogP contribution is -2.41. The van der Waals surface area contributed by atoms with Gasteiger partial charge >= 0.3 is 0 Å². The molecule has 1 heterocycles. The summed E-state index contributed by atoms with van der Waals surface area (Å²) in [5.41, 5.74) is 1.15. The van der Waals surface area contributed by atoms with Gasteiger partial charge in [-0.05, 0) is 17.7 Å². The number of benzene rings is 1. The molecule has 0 aliphatic carbocycles. The van der Waals surface area contributed by atoms with Crippen LogP contribution in [0.1, 0.15) is 15.9 Å². The summed E-state index contributed by atoms with van der Waals surface area (Å²) in [7, 11) is -3.34. The van der Waals surface area contributed by atoms with Crippen molar-refractivity contribution in [2.45, 2.75) is 5.75 Å². The molecular weight excluding hydrogens is 304 g/mol. The van der Waals surface area contributed by atoms with Gasteiger partial charge in [-0.3, -0.25) is 4.79 Å². The zero-order valence-electron chi connectivity index (χ0n) is 12.3. The van der Waals surface area contributed by atoms with E-state index in [0.717, 1.165) is 0 Å². The summed E-state index contributed by atoms with van der Waals surface area (Å²) in [6.45, 7) is 5.58. The Kier molecular flexibility index (Phi) is 5.70. The molecule has 6 nitrogen and oxygen atoms in total. The molecule has 2 rings (SSSR count). The smallest absolute Gasteiger partial charge is 0.251 e. The fraction of sp³-hybridized carbons (Fsp3) is 0.400. The fourth-order valence-electron chi connectivity index (χ4n) is 2.15. The molecule has 1 fully saturated rings. The first-order valence-corrected chi connectivity index (χ1v) is 8.67. The van der Waals surface area contributed by atoms with Crippen LogP contribution in [0, 0.1) is 0 Å². The van der Waals surface area contributed by atoms with Crippen LogP contribution in [-0.2, 0) is 20.5 Å². The molecule has 1 N–H and O–H groups in total. The average Bonchev–Trinajstić information content (AvgIpc) is 2.54. The van der Waals surface area contributed by atoms with Gasteiger partial charge in [0.1, 0.15) is 0 Å². The summed E-state index contributed by atoms with van der Waals surface area (Å²) in [5.74, 6) is -0.274. The standard InChI is InChI=1S/C15H20N2O4S/c1-2-7-16-15(18)14-5-3-13(4-6-14)12-22(19,20)17-8-10-21-11-9-17/h2-6H,1,7-12H2,(H,16,18). The van der Waals surface area contributed by atoms with Crippen LogP contribution < -0.4 is 5.32 Å². The lowest BCUT2D eigenvalue weighted by Gasteiger charge is -2.26.